The van der Waals surface area contributed by atoms with Gasteiger partial charge in [-0.2, -0.15) is 0 Å². The molecule has 60 valence electrons. The SMILES string of the molecule is CC[C@H](C)NC(=O)C(C)C. The lowest BCUT2D eigenvalue weighted by atomic mass is 10.2. The maximum absolute atomic E-state index is 11.0. The van der Waals surface area contributed by atoms with Gasteiger partial charge < -0.3 is 5.32 Å². The summed E-state index contributed by atoms with van der Waals surface area (Å²) in [5.74, 6) is 0.253. The minimum Gasteiger partial charge on any atom is -0.353 e. The highest BCUT2D eigenvalue weighted by Crippen LogP contribution is 1.94. The first-order chi connectivity index (χ1) is 4.57. The summed E-state index contributed by atoms with van der Waals surface area (Å²) in [5.41, 5.74) is 0. The Balaban J connectivity index is 3.57. The van der Waals surface area contributed by atoms with E-state index in [1.54, 1.807) is 0 Å². The fourth-order valence-corrected chi connectivity index (χ4v) is 0.512. The van der Waals surface area contributed by atoms with Crippen molar-refractivity contribution < 1.29 is 4.79 Å². The van der Waals surface area contributed by atoms with Crippen LogP contribution in [0.1, 0.15) is 34.1 Å². The molecule has 1 amide bonds. The minimum absolute atomic E-state index is 0.106. The lowest BCUT2D eigenvalue weighted by Crippen LogP contribution is -2.34. The number of amides is 1. The summed E-state index contributed by atoms with van der Waals surface area (Å²) in [6, 6.07) is 0.315. The zero-order chi connectivity index (χ0) is 8.15. The van der Waals surface area contributed by atoms with Gasteiger partial charge in [-0.15, -0.1) is 0 Å². The van der Waals surface area contributed by atoms with Crippen LogP contribution in [-0.4, -0.2) is 11.9 Å². The molecule has 0 rings (SSSR count). The average molecular weight is 143 g/mol. The van der Waals surface area contributed by atoms with E-state index in [-0.39, 0.29) is 11.8 Å². The number of hydrogen-bond donors (Lipinski definition) is 1. The zero-order valence-electron chi connectivity index (χ0n) is 7.27. The van der Waals surface area contributed by atoms with Crippen molar-refractivity contribution in [1.29, 1.82) is 0 Å². The van der Waals surface area contributed by atoms with Crippen molar-refractivity contribution in [3.05, 3.63) is 0 Å². The molecule has 0 saturated heterocycles. The monoisotopic (exact) mass is 143 g/mol. The van der Waals surface area contributed by atoms with Crippen molar-refractivity contribution in [3.8, 4) is 0 Å². The molecule has 1 N–H and O–H groups in total. The van der Waals surface area contributed by atoms with Gasteiger partial charge in [-0.1, -0.05) is 20.8 Å². The predicted molar refractivity (Wildman–Crippen MR) is 42.7 cm³/mol. The van der Waals surface area contributed by atoms with Crippen molar-refractivity contribution in [1.82, 2.24) is 5.32 Å². The molecule has 10 heavy (non-hydrogen) atoms. The summed E-state index contributed by atoms with van der Waals surface area (Å²) in [4.78, 5) is 11.0. The molecule has 2 nitrogen and oxygen atoms in total. The lowest BCUT2D eigenvalue weighted by Gasteiger charge is -2.12. The van der Waals surface area contributed by atoms with Crippen LogP contribution >= 0.6 is 0 Å². The van der Waals surface area contributed by atoms with Crippen molar-refractivity contribution in [3.63, 3.8) is 0 Å². The van der Waals surface area contributed by atoms with Crippen molar-refractivity contribution in [2.45, 2.75) is 40.2 Å². The maximum Gasteiger partial charge on any atom is 0.222 e. The topological polar surface area (TPSA) is 29.1 Å². The number of rotatable bonds is 3. The van der Waals surface area contributed by atoms with Crippen LogP contribution < -0.4 is 5.32 Å². The van der Waals surface area contributed by atoms with E-state index in [2.05, 4.69) is 12.2 Å². The van der Waals surface area contributed by atoms with Crippen LogP contribution in [0, 0.1) is 5.92 Å². The molecule has 0 aromatic heterocycles. The maximum atomic E-state index is 11.0. The summed E-state index contributed by atoms with van der Waals surface area (Å²) in [6.07, 6.45) is 0.998. The van der Waals surface area contributed by atoms with Gasteiger partial charge in [-0.3, -0.25) is 4.79 Å². The van der Waals surface area contributed by atoms with E-state index in [1.165, 1.54) is 0 Å². The van der Waals surface area contributed by atoms with Crippen LogP contribution in [0.25, 0.3) is 0 Å². The van der Waals surface area contributed by atoms with Crippen molar-refractivity contribution >= 4 is 5.91 Å². The third kappa shape index (κ3) is 3.49. The number of nitrogens with one attached hydrogen (secondary N) is 1. The Morgan fingerprint density at radius 2 is 1.90 bits per heavy atom. The zero-order valence-corrected chi connectivity index (χ0v) is 7.27. The molecule has 0 fully saturated rings. The highest BCUT2D eigenvalue weighted by atomic mass is 16.1. The predicted octanol–water partition coefficient (Wildman–Crippen LogP) is 1.56. The fourth-order valence-electron chi connectivity index (χ4n) is 0.512. The Labute approximate surface area is 63.0 Å². The molecule has 0 aliphatic carbocycles. The minimum atomic E-state index is 0.106. The molecule has 0 aliphatic heterocycles. The molecule has 0 spiro atoms. The van der Waals surface area contributed by atoms with E-state index >= 15 is 0 Å². The standard InChI is InChI=1S/C8H17NO/c1-5-7(4)9-8(10)6(2)3/h6-7H,5H2,1-4H3,(H,9,10)/t7-/m0/s1. The van der Waals surface area contributed by atoms with Crippen LogP contribution in [0.4, 0.5) is 0 Å². The fraction of sp³-hybridized carbons (Fsp3) is 0.875. The second-order valence-corrected chi connectivity index (χ2v) is 2.97. The van der Waals surface area contributed by atoms with E-state index in [9.17, 15) is 4.79 Å². The summed E-state index contributed by atoms with van der Waals surface area (Å²) in [5, 5.41) is 2.89. The summed E-state index contributed by atoms with van der Waals surface area (Å²) in [6.45, 7) is 7.88. The molecule has 0 heterocycles. The van der Waals surface area contributed by atoms with Gasteiger partial charge in [-0.05, 0) is 13.3 Å². The Kier molecular flexibility index (Phi) is 4.08. The first-order valence-electron chi connectivity index (χ1n) is 3.88. The van der Waals surface area contributed by atoms with Gasteiger partial charge in [0.15, 0.2) is 0 Å². The molecule has 0 radical (unpaired) electrons. The Bertz CT molecular complexity index is 110. The quantitative estimate of drug-likeness (QED) is 0.638. The lowest BCUT2D eigenvalue weighted by molar-refractivity contribution is -0.124. The molecule has 0 bridgehead atoms. The van der Waals surface area contributed by atoms with E-state index in [4.69, 9.17) is 0 Å². The molecule has 0 saturated carbocycles. The molecule has 0 aliphatic rings. The Morgan fingerprint density at radius 3 is 2.20 bits per heavy atom. The van der Waals surface area contributed by atoms with E-state index in [1.807, 2.05) is 20.8 Å². The van der Waals surface area contributed by atoms with Crippen LogP contribution in [0.2, 0.25) is 0 Å². The van der Waals surface area contributed by atoms with Crippen LogP contribution in [0.3, 0.4) is 0 Å². The molecule has 1 atom stereocenters. The molecule has 0 aromatic rings. The molecule has 0 unspecified atom stereocenters. The van der Waals surface area contributed by atoms with E-state index in [0.29, 0.717) is 6.04 Å². The average Bonchev–Trinajstić information content (AvgIpc) is 1.87. The normalized spacial score (nSPS) is 13.3. The third-order valence-corrected chi connectivity index (χ3v) is 1.53. The van der Waals surface area contributed by atoms with Gasteiger partial charge in [0, 0.05) is 12.0 Å². The first-order valence-corrected chi connectivity index (χ1v) is 3.88. The van der Waals surface area contributed by atoms with Crippen molar-refractivity contribution in [2.24, 2.45) is 5.92 Å². The van der Waals surface area contributed by atoms with Crippen LogP contribution in [-0.2, 0) is 4.79 Å². The number of carbonyl (C=O) groups excluding carboxylic acids is 1. The Morgan fingerprint density at radius 1 is 1.40 bits per heavy atom. The highest BCUT2D eigenvalue weighted by molar-refractivity contribution is 5.78. The van der Waals surface area contributed by atoms with Gasteiger partial charge in [0.25, 0.3) is 0 Å². The van der Waals surface area contributed by atoms with Crippen LogP contribution in [0.15, 0.2) is 0 Å². The smallest absolute Gasteiger partial charge is 0.222 e. The second-order valence-electron chi connectivity index (χ2n) is 2.97. The second kappa shape index (κ2) is 4.31. The van der Waals surface area contributed by atoms with E-state index < -0.39 is 0 Å². The third-order valence-electron chi connectivity index (χ3n) is 1.53. The number of hydrogen-bond acceptors (Lipinski definition) is 1. The first kappa shape index (κ1) is 9.47. The molecular weight excluding hydrogens is 126 g/mol. The molecular formula is C8H17NO. The van der Waals surface area contributed by atoms with Gasteiger partial charge in [0.05, 0.1) is 0 Å². The largest absolute Gasteiger partial charge is 0.353 e. The van der Waals surface area contributed by atoms with Gasteiger partial charge in [-0.25, -0.2) is 0 Å². The van der Waals surface area contributed by atoms with Crippen LogP contribution in [0.5, 0.6) is 0 Å². The number of carbonyl (C=O) groups is 1. The van der Waals surface area contributed by atoms with Crippen molar-refractivity contribution in [2.75, 3.05) is 0 Å². The molecule has 0 aromatic carbocycles. The van der Waals surface area contributed by atoms with Gasteiger partial charge >= 0.3 is 0 Å². The van der Waals surface area contributed by atoms with Gasteiger partial charge in [0.1, 0.15) is 0 Å². The summed E-state index contributed by atoms with van der Waals surface area (Å²) in [7, 11) is 0. The Hall–Kier alpha value is -0.530. The van der Waals surface area contributed by atoms with Gasteiger partial charge in [0.2, 0.25) is 5.91 Å². The summed E-state index contributed by atoms with van der Waals surface area (Å²) >= 11 is 0. The highest BCUT2D eigenvalue weighted by Gasteiger charge is 2.08. The molecule has 2 heteroatoms. The van der Waals surface area contributed by atoms with E-state index in [0.717, 1.165) is 6.42 Å². The summed E-state index contributed by atoms with van der Waals surface area (Å²) < 4.78 is 0.